The van der Waals surface area contributed by atoms with Gasteiger partial charge in [-0.3, -0.25) is 9.52 Å². The topological polar surface area (TPSA) is 102 Å². The first-order valence-electron chi connectivity index (χ1n) is 11.1. The Labute approximate surface area is 213 Å². The summed E-state index contributed by atoms with van der Waals surface area (Å²) in [6.45, 7) is 3.56. The highest BCUT2D eigenvalue weighted by atomic mass is 35.5. The van der Waals surface area contributed by atoms with Crippen LogP contribution in [0.1, 0.15) is 49.9 Å². The number of halogens is 2. The smallest absolute Gasteiger partial charge is 0.338 e. The minimum Gasteiger partial charge on any atom is -0.449 e. The van der Waals surface area contributed by atoms with Crippen molar-refractivity contribution in [3.05, 3.63) is 44.6 Å². The number of hydrogen-bond acceptors (Lipinski definition) is 6. The minimum absolute atomic E-state index is 0.0443. The molecule has 4 rings (SSSR count). The molecular formula is C23H26Cl2N2O5S2. The quantitative estimate of drug-likeness (QED) is 0.436. The normalized spacial score (nSPS) is 23.4. The molecule has 1 heterocycles. The van der Waals surface area contributed by atoms with Crippen LogP contribution >= 0.6 is 34.5 Å². The third kappa shape index (κ3) is 5.53. The number of rotatable bonds is 8. The van der Waals surface area contributed by atoms with Crippen molar-refractivity contribution >= 4 is 62.1 Å². The monoisotopic (exact) mass is 544 g/mol. The number of esters is 1. The molecule has 2 aromatic rings. The van der Waals surface area contributed by atoms with E-state index in [1.54, 1.807) is 6.92 Å². The van der Waals surface area contributed by atoms with Gasteiger partial charge in [-0.15, -0.1) is 11.3 Å². The number of hydrogen-bond donors (Lipinski definition) is 2. The number of amides is 1. The summed E-state index contributed by atoms with van der Waals surface area (Å²) in [5.41, 5.74) is 0.431. The van der Waals surface area contributed by atoms with Crippen molar-refractivity contribution in [1.82, 2.24) is 5.32 Å². The molecule has 1 aromatic heterocycles. The van der Waals surface area contributed by atoms with Crippen LogP contribution in [0.25, 0.3) is 0 Å². The van der Waals surface area contributed by atoms with E-state index in [1.165, 1.54) is 49.6 Å². The molecule has 184 valence electrons. The van der Waals surface area contributed by atoms with E-state index in [0.717, 1.165) is 23.7 Å². The molecule has 34 heavy (non-hydrogen) atoms. The lowest BCUT2D eigenvalue weighted by molar-refractivity contribution is -0.130. The SMILES string of the molecule is C[C@H](OC(=O)c1ccc(NS(=O)(=O)c2cc(Cl)sc2Cl)cc1)C(=O)N[C@H](C)[C@@H]1C[C@@H]2CC[C@@H]1C2. The Kier molecular flexibility index (Phi) is 7.47. The zero-order valence-corrected chi connectivity index (χ0v) is 21.9. The van der Waals surface area contributed by atoms with Gasteiger partial charge in [-0.1, -0.05) is 29.6 Å². The summed E-state index contributed by atoms with van der Waals surface area (Å²) in [7, 11) is -3.93. The molecule has 2 bridgehead atoms. The van der Waals surface area contributed by atoms with Crippen LogP contribution in [0.15, 0.2) is 35.2 Å². The van der Waals surface area contributed by atoms with E-state index in [1.807, 2.05) is 6.92 Å². The van der Waals surface area contributed by atoms with Crippen molar-refractivity contribution in [3.63, 3.8) is 0 Å². The second-order valence-electron chi connectivity index (χ2n) is 9.05. The first-order chi connectivity index (χ1) is 16.0. The van der Waals surface area contributed by atoms with Gasteiger partial charge in [0.05, 0.1) is 9.90 Å². The van der Waals surface area contributed by atoms with Crippen LogP contribution in [0.5, 0.6) is 0 Å². The van der Waals surface area contributed by atoms with Crippen molar-refractivity contribution in [3.8, 4) is 0 Å². The molecule has 0 unspecified atom stereocenters. The maximum absolute atomic E-state index is 12.6. The lowest BCUT2D eigenvalue weighted by atomic mass is 9.84. The van der Waals surface area contributed by atoms with Crippen LogP contribution < -0.4 is 10.0 Å². The zero-order chi connectivity index (χ0) is 24.6. The average Bonchev–Trinajstić information content (AvgIpc) is 3.49. The first-order valence-corrected chi connectivity index (χ1v) is 14.2. The van der Waals surface area contributed by atoms with Gasteiger partial charge in [-0.05, 0) is 81.2 Å². The molecule has 0 radical (unpaired) electrons. The number of carbonyl (C=O) groups is 2. The van der Waals surface area contributed by atoms with Crippen molar-refractivity contribution in [1.29, 1.82) is 0 Å². The molecule has 1 amide bonds. The van der Waals surface area contributed by atoms with Gasteiger partial charge in [-0.2, -0.15) is 0 Å². The van der Waals surface area contributed by atoms with Gasteiger partial charge in [0.25, 0.3) is 15.9 Å². The second-order valence-corrected chi connectivity index (χ2v) is 13.0. The summed E-state index contributed by atoms with van der Waals surface area (Å²) >= 11 is 12.7. The highest BCUT2D eigenvalue weighted by Gasteiger charge is 2.42. The van der Waals surface area contributed by atoms with E-state index in [9.17, 15) is 18.0 Å². The number of ether oxygens (including phenoxy) is 1. The van der Waals surface area contributed by atoms with Crippen LogP contribution in [-0.2, 0) is 19.6 Å². The van der Waals surface area contributed by atoms with E-state index in [-0.39, 0.29) is 36.8 Å². The van der Waals surface area contributed by atoms with Crippen LogP contribution in [-0.4, -0.2) is 32.4 Å². The molecule has 1 aromatic carbocycles. The molecule has 2 fully saturated rings. The number of sulfonamides is 1. The van der Waals surface area contributed by atoms with E-state index in [4.69, 9.17) is 27.9 Å². The Hall–Kier alpha value is -1.81. The molecule has 7 nitrogen and oxygen atoms in total. The van der Waals surface area contributed by atoms with Gasteiger partial charge >= 0.3 is 5.97 Å². The Morgan fingerprint density at radius 2 is 1.82 bits per heavy atom. The molecule has 2 N–H and O–H groups in total. The number of thiophene rings is 1. The molecule has 5 atom stereocenters. The number of nitrogens with one attached hydrogen (secondary N) is 2. The van der Waals surface area contributed by atoms with E-state index < -0.39 is 22.1 Å². The number of benzene rings is 1. The second kappa shape index (κ2) is 10.0. The number of anilines is 1. The van der Waals surface area contributed by atoms with E-state index in [2.05, 4.69) is 10.0 Å². The van der Waals surface area contributed by atoms with Gasteiger partial charge in [-0.25, -0.2) is 13.2 Å². The third-order valence-corrected chi connectivity index (χ3v) is 9.88. The maximum atomic E-state index is 12.6. The fraction of sp³-hybridized carbons (Fsp3) is 0.478. The summed E-state index contributed by atoms with van der Waals surface area (Å²) in [4.78, 5) is 25.0. The maximum Gasteiger partial charge on any atom is 0.338 e. The standard InChI is InChI=1S/C23H26Cl2N2O5S2/c1-12(18-10-14-3-4-16(18)9-14)26-22(28)13(2)32-23(29)15-5-7-17(8-6-15)27-34(30,31)19-11-20(24)33-21(19)25/h5-8,11-14,16,18,27H,3-4,9-10H2,1-2H3,(H,26,28)/t12-,13+,14-,16-,18+/m1/s1. The highest BCUT2D eigenvalue weighted by molar-refractivity contribution is 7.93. The summed E-state index contributed by atoms with van der Waals surface area (Å²) in [6.07, 6.45) is 4.00. The van der Waals surface area contributed by atoms with Crippen molar-refractivity contribution in [2.24, 2.45) is 17.8 Å². The number of fused-ring (bicyclic) bond motifs is 2. The molecule has 0 saturated heterocycles. The molecule has 2 aliphatic rings. The fourth-order valence-corrected chi connectivity index (χ4v) is 8.24. The molecule has 2 saturated carbocycles. The van der Waals surface area contributed by atoms with Gasteiger partial charge in [0.1, 0.15) is 9.23 Å². The van der Waals surface area contributed by atoms with Crippen LogP contribution in [0.2, 0.25) is 8.67 Å². The molecule has 0 aliphatic heterocycles. The molecular weight excluding hydrogens is 519 g/mol. The first kappa shape index (κ1) is 25.3. The largest absolute Gasteiger partial charge is 0.449 e. The average molecular weight is 546 g/mol. The van der Waals surface area contributed by atoms with Crippen LogP contribution in [0, 0.1) is 17.8 Å². The lowest BCUT2D eigenvalue weighted by Gasteiger charge is -2.29. The van der Waals surface area contributed by atoms with Gasteiger partial charge in [0.15, 0.2) is 6.10 Å². The van der Waals surface area contributed by atoms with Crippen LogP contribution in [0.3, 0.4) is 0 Å². The predicted octanol–water partition coefficient (Wildman–Crippen LogP) is 5.34. The van der Waals surface area contributed by atoms with E-state index >= 15 is 0 Å². The minimum atomic E-state index is -3.93. The number of carbonyl (C=O) groups excluding carboxylic acids is 2. The molecule has 0 spiro atoms. The Bertz CT molecular complexity index is 1180. The summed E-state index contributed by atoms with van der Waals surface area (Å²) in [6, 6.07) is 7.02. The Morgan fingerprint density at radius 3 is 2.38 bits per heavy atom. The van der Waals surface area contributed by atoms with Crippen LogP contribution in [0.4, 0.5) is 5.69 Å². The van der Waals surface area contributed by atoms with Crippen molar-refractivity contribution in [2.75, 3.05) is 4.72 Å². The summed E-state index contributed by atoms with van der Waals surface area (Å²) in [5.74, 6) is 0.970. The third-order valence-electron chi connectivity index (χ3n) is 6.75. The van der Waals surface area contributed by atoms with Gasteiger partial charge in [0, 0.05) is 11.7 Å². The van der Waals surface area contributed by atoms with E-state index in [0.29, 0.717) is 11.8 Å². The fourth-order valence-electron chi connectivity index (χ4n) is 5.03. The summed E-state index contributed by atoms with van der Waals surface area (Å²) < 4.78 is 33.1. The van der Waals surface area contributed by atoms with Crippen molar-refractivity contribution in [2.45, 2.75) is 56.6 Å². The van der Waals surface area contributed by atoms with Gasteiger partial charge < -0.3 is 10.1 Å². The highest BCUT2D eigenvalue weighted by Crippen LogP contribution is 2.49. The molecule has 11 heteroatoms. The zero-order valence-electron chi connectivity index (χ0n) is 18.7. The predicted molar refractivity (Wildman–Crippen MR) is 133 cm³/mol. The van der Waals surface area contributed by atoms with Crippen molar-refractivity contribution < 1.29 is 22.7 Å². The Balaban J connectivity index is 1.31. The van der Waals surface area contributed by atoms with Gasteiger partial charge in [0.2, 0.25) is 0 Å². The molecule has 2 aliphatic carbocycles. The Morgan fingerprint density at radius 1 is 1.12 bits per heavy atom. The summed E-state index contributed by atoms with van der Waals surface area (Å²) in [5, 5.41) is 3.01. The lowest BCUT2D eigenvalue weighted by Crippen LogP contribution is -2.45.